The molecule has 0 heterocycles. The van der Waals surface area contributed by atoms with Crippen molar-refractivity contribution in [2.45, 2.75) is 6.04 Å². The first-order valence-corrected chi connectivity index (χ1v) is 2.68. The van der Waals surface area contributed by atoms with Crippen molar-refractivity contribution < 1.29 is 9.53 Å². The van der Waals surface area contributed by atoms with Crippen LogP contribution in [0.1, 0.15) is 0 Å². The maximum absolute atomic E-state index is 10.4. The van der Waals surface area contributed by atoms with E-state index in [0.29, 0.717) is 6.61 Å². The normalized spacial score (nSPS) is 11.8. The molecule has 0 rings (SSSR count). The van der Waals surface area contributed by atoms with Gasteiger partial charge in [0, 0.05) is 7.11 Å². The highest BCUT2D eigenvalue weighted by atomic mass is 35.5. The van der Waals surface area contributed by atoms with Crippen LogP contribution in [0.5, 0.6) is 0 Å². The van der Waals surface area contributed by atoms with E-state index in [1.54, 1.807) is 7.05 Å². The molecule has 0 radical (unpaired) electrons. The Morgan fingerprint density at radius 2 is 2.30 bits per heavy atom. The molecule has 3 N–H and O–H groups in total. The van der Waals surface area contributed by atoms with Gasteiger partial charge in [-0.3, -0.25) is 4.79 Å². The maximum Gasteiger partial charge on any atom is 0.236 e. The maximum atomic E-state index is 10.4. The summed E-state index contributed by atoms with van der Waals surface area (Å²) in [6, 6.07) is -0.366. The second kappa shape index (κ2) is 6.80. The SMILES string of the molecule is CN[C@@H](COC)C(N)=O.Cl. The van der Waals surface area contributed by atoms with E-state index in [1.165, 1.54) is 7.11 Å². The van der Waals surface area contributed by atoms with Gasteiger partial charge in [0.25, 0.3) is 0 Å². The van der Waals surface area contributed by atoms with Crippen molar-refractivity contribution >= 4 is 18.3 Å². The summed E-state index contributed by atoms with van der Waals surface area (Å²) in [6.45, 7) is 0.325. The third-order valence-electron chi connectivity index (χ3n) is 1.03. The molecule has 0 bridgehead atoms. The highest BCUT2D eigenvalue weighted by molar-refractivity contribution is 5.85. The van der Waals surface area contributed by atoms with Gasteiger partial charge in [-0.1, -0.05) is 0 Å². The van der Waals surface area contributed by atoms with E-state index >= 15 is 0 Å². The van der Waals surface area contributed by atoms with Crippen LogP contribution >= 0.6 is 12.4 Å². The van der Waals surface area contributed by atoms with Crippen LogP contribution < -0.4 is 11.1 Å². The molecule has 0 aromatic heterocycles. The summed E-state index contributed by atoms with van der Waals surface area (Å²) >= 11 is 0. The van der Waals surface area contributed by atoms with Crippen LogP contribution in [0.4, 0.5) is 0 Å². The Labute approximate surface area is 66.5 Å². The minimum absolute atomic E-state index is 0. The molecule has 0 aromatic rings. The first kappa shape index (κ1) is 12.4. The Kier molecular flexibility index (Phi) is 8.40. The summed E-state index contributed by atoms with van der Waals surface area (Å²) < 4.78 is 4.69. The zero-order chi connectivity index (χ0) is 7.28. The Hall–Kier alpha value is -0.320. The number of halogens is 1. The molecule has 1 atom stereocenters. The average Bonchev–Trinajstić information content (AvgIpc) is 1.82. The zero-order valence-corrected chi connectivity index (χ0v) is 6.90. The third-order valence-corrected chi connectivity index (χ3v) is 1.03. The number of nitrogens with one attached hydrogen (secondary N) is 1. The van der Waals surface area contributed by atoms with Crippen molar-refractivity contribution in [3.05, 3.63) is 0 Å². The fraction of sp³-hybridized carbons (Fsp3) is 0.800. The molecule has 0 spiro atoms. The van der Waals surface area contributed by atoms with Gasteiger partial charge in [0.1, 0.15) is 6.04 Å². The van der Waals surface area contributed by atoms with E-state index in [-0.39, 0.29) is 24.4 Å². The Morgan fingerprint density at radius 1 is 1.80 bits per heavy atom. The summed E-state index contributed by atoms with van der Waals surface area (Å²) in [7, 11) is 3.18. The minimum Gasteiger partial charge on any atom is -0.383 e. The molecule has 0 fully saturated rings. The van der Waals surface area contributed by atoms with Crippen molar-refractivity contribution in [3.63, 3.8) is 0 Å². The number of carbonyl (C=O) groups is 1. The number of likely N-dealkylation sites (N-methyl/N-ethyl adjacent to an activating group) is 1. The first-order chi connectivity index (χ1) is 4.22. The van der Waals surface area contributed by atoms with Crippen LogP contribution in [0.2, 0.25) is 0 Å². The summed E-state index contributed by atoms with van der Waals surface area (Å²) in [5.74, 6) is -0.389. The second-order valence-corrected chi connectivity index (χ2v) is 1.70. The number of carbonyl (C=O) groups excluding carboxylic acids is 1. The minimum atomic E-state index is -0.389. The number of methoxy groups -OCH3 is 1. The standard InChI is InChI=1S/C5H12N2O2.ClH/c1-7-4(3-9-2)5(6)8;/h4,7H,3H2,1-2H3,(H2,6,8);1H/t4-;/m0./s1. The van der Waals surface area contributed by atoms with Gasteiger partial charge in [-0.2, -0.15) is 0 Å². The van der Waals surface area contributed by atoms with Crippen molar-refractivity contribution in [3.8, 4) is 0 Å². The highest BCUT2D eigenvalue weighted by Gasteiger charge is 2.10. The monoisotopic (exact) mass is 168 g/mol. The molecule has 1 amide bonds. The molecule has 0 unspecified atom stereocenters. The lowest BCUT2D eigenvalue weighted by molar-refractivity contribution is -0.121. The predicted molar refractivity (Wildman–Crippen MR) is 41.2 cm³/mol. The summed E-state index contributed by atoms with van der Waals surface area (Å²) in [5, 5.41) is 2.70. The molecular formula is C5H13ClN2O2. The number of hydrogen-bond acceptors (Lipinski definition) is 3. The lowest BCUT2D eigenvalue weighted by Gasteiger charge is -2.09. The van der Waals surface area contributed by atoms with Crippen molar-refractivity contribution in [1.29, 1.82) is 0 Å². The molecule has 10 heavy (non-hydrogen) atoms. The summed E-state index contributed by atoms with van der Waals surface area (Å²) in [5.41, 5.74) is 4.95. The Bertz CT molecular complexity index is 99.6. The van der Waals surface area contributed by atoms with Gasteiger partial charge in [-0.15, -0.1) is 12.4 Å². The van der Waals surface area contributed by atoms with Crippen molar-refractivity contribution in [2.24, 2.45) is 5.73 Å². The van der Waals surface area contributed by atoms with Gasteiger partial charge in [0.2, 0.25) is 5.91 Å². The summed E-state index contributed by atoms with van der Waals surface area (Å²) in [4.78, 5) is 10.4. The van der Waals surface area contributed by atoms with Crippen LogP contribution in [0.15, 0.2) is 0 Å². The van der Waals surface area contributed by atoms with Gasteiger partial charge < -0.3 is 15.8 Å². The number of nitrogens with two attached hydrogens (primary N) is 1. The Balaban J connectivity index is 0. The van der Waals surface area contributed by atoms with Gasteiger partial charge in [0.05, 0.1) is 6.61 Å². The molecule has 62 valence electrons. The molecule has 0 saturated heterocycles. The van der Waals surface area contributed by atoms with Crippen LogP contribution in [0, 0.1) is 0 Å². The predicted octanol–water partition coefficient (Wildman–Crippen LogP) is -0.872. The van der Waals surface area contributed by atoms with E-state index in [9.17, 15) is 4.79 Å². The van der Waals surface area contributed by atoms with E-state index < -0.39 is 0 Å². The van der Waals surface area contributed by atoms with Crippen molar-refractivity contribution in [1.82, 2.24) is 5.32 Å². The lowest BCUT2D eigenvalue weighted by atomic mass is 10.3. The fourth-order valence-corrected chi connectivity index (χ4v) is 0.474. The fourth-order valence-electron chi connectivity index (χ4n) is 0.474. The molecule has 5 heteroatoms. The van der Waals surface area contributed by atoms with E-state index in [0.717, 1.165) is 0 Å². The van der Waals surface area contributed by atoms with Crippen molar-refractivity contribution in [2.75, 3.05) is 20.8 Å². The lowest BCUT2D eigenvalue weighted by Crippen LogP contribution is -2.42. The average molecular weight is 169 g/mol. The molecule has 0 saturated carbocycles. The molecular weight excluding hydrogens is 156 g/mol. The number of amides is 1. The third kappa shape index (κ3) is 4.55. The second-order valence-electron chi connectivity index (χ2n) is 1.70. The van der Waals surface area contributed by atoms with Gasteiger partial charge >= 0.3 is 0 Å². The first-order valence-electron chi connectivity index (χ1n) is 2.68. The molecule has 0 aromatic carbocycles. The molecule has 4 nitrogen and oxygen atoms in total. The topological polar surface area (TPSA) is 64.3 Å². The van der Waals surface area contributed by atoms with Crippen LogP contribution in [0.25, 0.3) is 0 Å². The van der Waals surface area contributed by atoms with Crippen LogP contribution in [0.3, 0.4) is 0 Å². The summed E-state index contributed by atoms with van der Waals surface area (Å²) in [6.07, 6.45) is 0. The van der Waals surface area contributed by atoms with E-state index in [1.807, 2.05) is 0 Å². The van der Waals surface area contributed by atoms with Gasteiger partial charge in [-0.25, -0.2) is 0 Å². The molecule has 0 aliphatic carbocycles. The van der Waals surface area contributed by atoms with Crippen LogP contribution in [-0.2, 0) is 9.53 Å². The highest BCUT2D eigenvalue weighted by Crippen LogP contribution is 1.79. The van der Waals surface area contributed by atoms with Gasteiger partial charge in [-0.05, 0) is 7.05 Å². The van der Waals surface area contributed by atoms with Crippen LogP contribution in [-0.4, -0.2) is 32.7 Å². The van der Waals surface area contributed by atoms with E-state index in [4.69, 9.17) is 10.5 Å². The van der Waals surface area contributed by atoms with E-state index in [2.05, 4.69) is 5.32 Å². The quantitative estimate of drug-likeness (QED) is 0.574. The number of ether oxygens (including phenoxy) is 1. The van der Waals surface area contributed by atoms with Gasteiger partial charge in [0.15, 0.2) is 0 Å². The Morgan fingerprint density at radius 3 is 2.40 bits per heavy atom. The molecule has 0 aliphatic heterocycles. The zero-order valence-electron chi connectivity index (χ0n) is 6.09. The number of hydrogen-bond donors (Lipinski definition) is 2. The molecule has 0 aliphatic rings. The largest absolute Gasteiger partial charge is 0.383 e. The number of primary amides is 1. The number of rotatable bonds is 4. The smallest absolute Gasteiger partial charge is 0.236 e.